The third-order valence-electron chi connectivity index (χ3n) is 4.07. The number of aryl methyl sites for hydroxylation is 2. The number of furan rings is 1. The second kappa shape index (κ2) is 6.66. The molecule has 1 aromatic heterocycles. The second-order valence-electron chi connectivity index (χ2n) is 5.91. The van der Waals surface area contributed by atoms with Gasteiger partial charge in [0.15, 0.2) is 5.78 Å². The largest absolute Gasteiger partial charge is 0.466 e. The highest BCUT2D eigenvalue weighted by atomic mass is 16.3. The maximum Gasteiger partial charge on any atom is 0.163 e. The molecule has 1 unspecified atom stereocenters. The summed E-state index contributed by atoms with van der Waals surface area (Å²) in [5.41, 5.74) is 3.06. The van der Waals surface area contributed by atoms with Crippen LogP contribution in [0.4, 0.5) is 0 Å². The Kier molecular flexibility index (Phi) is 4.42. The number of ketones is 1. The van der Waals surface area contributed by atoms with Gasteiger partial charge >= 0.3 is 0 Å². The molecular formula is C21H20O2. The van der Waals surface area contributed by atoms with Gasteiger partial charge in [0.1, 0.15) is 11.5 Å². The van der Waals surface area contributed by atoms with Gasteiger partial charge in [0.05, 0.1) is 0 Å². The van der Waals surface area contributed by atoms with Gasteiger partial charge in [0.2, 0.25) is 0 Å². The fourth-order valence-corrected chi connectivity index (χ4v) is 2.75. The first-order chi connectivity index (χ1) is 11.1. The normalized spacial score (nSPS) is 12.1. The summed E-state index contributed by atoms with van der Waals surface area (Å²) >= 11 is 0. The van der Waals surface area contributed by atoms with Crippen LogP contribution in [0.5, 0.6) is 0 Å². The molecule has 0 aliphatic carbocycles. The Labute approximate surface area is 136 Å². The zero-order valence-electron chi connectivity index (χ0n) is 13.5. The molecule has 3 rings (SSSR count). The minimum Gasteiger partial charge on any atom is -0.466 e. The lowest BCUT2D eigenvalue weighted by molar-refractivity contribution is 0.0975. The zero-order chi connectivity index (χ0) is 16.2. The zero-order valence-corrected chi connectivity index (χ0v) is 13.5. The third kappa shape index (κ3) is 3.59. The number of carbonyl (C=O) groups excluding carboxylic acids is 1. The van der Waals surface area contributed by atoms with Crippen LogP contribution in [0.3, 0.4) is 0 Å². The molecule has 1 heterocycles. The van der Waals surface area contributed by atoms with E-state index in [0.717, 1.165) is 22.6 Å². The molecule has 0 aliphatic heterocycles. The summed E-state index contributed by atoms with van der Waals surface area (Å²) < 4.78 is 5.81. The Hall–Kier alpha value is -2.61. The van der Waals surface area contributed by atoms with E-state index in [2.05, 4.69) is 31.2 Å². The molecule has 116 valence electrons. The molecule has 1 atom stereocenters. The van der Waals surface area contributed by atoms with Crippen molar-refractivity contribution < 1.29 is 9.21 Å². The van der Waals surface area contributed by atoms with Crippen LogP contribution in [0.2, 0.25) is 0 Å². The van der Waals surface area contributed by atoms with Crippen molar-refractivity contribution in [1.82, 2.24) is 0 Å². The van der Waals surface area contributed by atoms with E-state index in [-0.39, 0.29) is 11.7 Å². The van der Waals surface area contributed by atoms with Gasteiger partial charge in [-0.2, -0.15) is 0 Å². The predicted octanol–water partition coefficient (Wildman–Crippen LogP) is 5.30. The highest BCUT2D eigenvalue weighted by molar-refractivity contribution is 5.96. The van der Waals surface area contributed by atoms with Crippen LogP contribution in [-0.4, -0.2) is 5.78 Å². The summed E-state index contributed by atoms with van der Waals surface area (Å²) in [6.07, 6.45) is 0.403. The van der Waals surface area contributed by atoms with Crippen LogP contribution < -0.4 is 0 Å². The summed E-state index contributed by atoms with van der Waals surface area (Å²) in [5.74, 6) is 1.78. The maximum absolute atomic E-state index is 12.6. The quantitative estimate of drug-likeness (QED) is 0.599. The van der Waals surface area contributed by atoms with Crippen molar-refractivity contribution in [1.29, 1.82) is 0 Å². The molecule has 0 N–H and O–H groups in total. The molecule has 0 amide bonds. The minimum atomic E-state index is -0.0583. The lowest BCUT2D eigenvalue weighted by atomic mass is 9.89. The molecule has 0 aliphatic rings. The highest BCUT2D eigenvalue weighted by Crippen LogP contribution is 2.31. The van der Waals surface area contributed by atoms with E-state index in [9.17, 15) is 4.79 Å². The van der Waals surface area contributed by atoms with E-state index >= 15 is 0 Å². The summed E-state index contributed by atoms with van der Waals surface area (Å²) in [6.45, 7) is 3.99. The third-order valence-corrected chi connectivity index (χ3v) is 4.07. The Balaban J connectivity index is 1.92. The van der Waals surface area contributed by atoms with Gasteiger partial charge in [-0.1, -0.05) is 60.2 Å². The van der Waals surface area contributed by atoms with Crippen LogP contribution in [0, 0.1) is 13.8 Å². The van der Waals surface area contributed by atoms with Crippen molar-refractivity contribution in [3.05, 3.63) is 94.9 Å². The first kappa shape index (κ1) is 15.3. The molecule has 0 saturated carbocycles. The van der Waals surface area contributed by atoms with Crippen LogP contribution in [0.15, 0.2) is 71.1 Å². The van der Waals surface area contributed by atoms with Crippen LogP contribution in [0.25, 0.3) is 0 Å². The minimum absolute atomic E-state index is 0.0583. The number of hydrogen-bond acceptors (Lipinski definition) is 2. The molecule has 0 radical (unpaired) electrons. The van der Waals surface area contributed by atoms with Crippen molar-refractivity contribution in [2.75, 3.05) is 0 Å². The van der Waals surface area contributed by atoms with Crippen molar-refractivity contribution in [2.45, 2.75) is 26.2 Å². The van der Waals surface area contributed by atoms with Crippen LogP contribution >= 0.6 is 0 Å². The molecule has 0 saturated heterocycles. The van der Waals surface area contributed by atoms with Crippen molar-refractivity contribution in [2.24, 2.45) is 0 Å². The Morgan fingerprint density at radius 1 is 0.913 bits per heavy atom. The SMILES string of the molecule is Cc1ccc(C(CC(=O)c2ccccc2)c2ccc(C)o2)cc1. The molecule has 2 aromatic carbocycles. The Morgan fingerprint density at radius 3 is 2.22 bits per heavy atom. The van der Waals surface area contributed by atoms with Gasteiger partial charge in [-0.05, 0) is 31.5 Å². The molecule has 2 nitrogen and oxygen atoms in total. The van der Waals surface area contributed by atoms with Gasteiger partial charge in [-0.15, -0.1) is 0 Å². The molecule has 0 spiro atoms. The number of rotatable bonds is 5. The average molecular weight is 304 g/mol. The van der Waals surface area contributed by atoms with E-state index in [4.69, 9.17) is 4.42 Å². The van der Waals surface area contributed by atoms with Gasteiger partial charge in [-0.25, -0.2) is 0 Å². The highest BCUT2D eigenvalue weighted by Gasteiger charge is 2.22. The van der Waals surface area contributed by atoms with Gasteiger partial charge in [-0.3, -0.25) is 4.79 Å². The second-order valence-corrected chi connectivity index (χ2v) is 5.91. The number of hydrogen-bond donors (Lipinski definition) is 0. The van der Waals surface area contributed by atoms with Gasteiger partial charge in [0, 0.05) is 17.9 Å². The average Bonchev–Trinajstić information content (AvgIpc) is 3.00. The lowest BCUT2D eigenvalue weighted by Gasteiger charge is -2.15. The van der Waals surface area contributed by atoms with Gasteiger partial charge < -0.3 is 4.42 Å². The molecule has 23 heavy (non-hydrogen) atoms. The van der Waals surface area contributed by atoms with Crippen molar-refractivity contribution in [3.63, 3.8) is 0 Å². The summed E-state index contributed by atoms with van der Waals surface area (Å²) in [5, 5.41) is 0. The van der Waals surface area contributed by atoms with Gasteiger partial charge in [0.25, 0.3) is 0 Å². The molecule has 0 bridgehead atoms. The molecule has 0 fully saturated rings. The van der Waals surface area contributed by atoms with E-state index in [1.54, 1.807) is 0 Å². The van der Waals surface area contributed by atoms with Crippen molar-refractivity contribution >= 4 is 5.78 Å². The van der Waals surface area contributed by atoms with Crippen LogP contribution in [0.1, 0.15) is 45.3 Å². The Morgan fingerprint density at radius 2 is 1.61 bits per heavy atom. The number of carbonyl (C=O) groups is 1. The summed E-state index contributed by atoms with van der Waals surface area (Å²) in [4.78, 5) is 12.6. The number of benzene rings is 2. The molecular weight excluding hydrogens is 284 g/mol. The van der Waals surface area contributed by atoms with E-state index < -0.39 is 0 Å². The Bertz CT molecular complexity index is 782. The predicted molar refractivity (Wildman–Crippen MR) is 91.9 cm³/mol. The fourth-order valence-electron chi connectivity index (χ4n) is 2.75. The standard InChI is InChI=1S/C21H20O2/c1-15-8-11-17(12-9-15)19(21-13-10-16(2)23-21)14-20(22)18-6-4-3-5-7-18/h3-13,19H,14H2,1-2H3. The first-order valence-electron chi connectivity index (χ1n) is 7.84. The lowest BCUT2D eigenvalue weighted by Crippen LogP contribution is -2.08. The van der Waals surface area contributed by atoms with E-state index in [0.29, 0.717) is 6.42 Å². The van der Waals surface area contributed by atoms with E-state index in [1.165, 1.54) is 5.56 Å². The monoisotopic (exact) mass is 304 g/mol. The smallest absolute Gasteiger partial charge is 0.163 e. The topological polar surface area (TPSA) is 30.2 Å². The van der Waals surface area contributed by atoms with Crippen LogP contribution in [-0.2, 0) is 0 Å². The summed E-state index contributed by atoms with van der Waals surface area (Å²) in [7, 11) is 0. The molecule has 3 aromatic rings. The maximum atomic E-state index is 12.6. The number of Topliss-reactive ketones (excluding diaryl/α,β-unsaturated/α-hetero) is 1. The first-order valence-corrected chi connectivity index (χ1v) is 7.84. The fraction of sp³-hybridized carbons (Fsp3) is 0.190. The molecule has 2 heteroatoms. The van der Waals surface area contributed by atoms with E-state index in [1.807, 2.05) is 49.4 Å². The van der Waals surface area contributed by atoms with Crippen molar-refractivity contribution in [3.8, 4) is 0 Å². The summed E-state index contributed by atoms with van der Waals surface area (Å²) in [6, 6.07) is 21.7.